The number of benzene rings is 1. The van der Waals surface area contributed by atoms with Gasteiger partial charge in [-0.2, -0.15) is 0 Å². The molecule has 1 aliphatic carbocycles. The highest BCUT2D eigenvalue weighted by molar-refractivity contribution is 9.10. The van der Waals surface area contributed by atoms with Crippen LogP contribution in [-0.4, -0.2) is 30.4 Å². The first-order valence-corrected chi connectivity index (χ1v) is 6.67. The Morgan fingerprint density at radius 1 is 1.53 bits per heavy atom. The highest BCUT2D eigenvalue weighted by Gasteiger charge is 2.29. The number of nitrogens with zero attached hydrogens (tertiary/aromatic N) is 1. The fourth-order valence-corrected chi connectivity index (χ4v) is 2.33. The molecule has 0 aliphatic heterocycles. The third-order valence-corrected chi connectivity index (χ3v) is 3.46. The van der Waals surface area contributed by atoms with E-state index in [2.05, 4.69) is 38.3 Å². The van der Waals surface area contributed by atoms with Crippen LogP contribution < -0.4 is 5.32 Å². The highest BCUT2D eigenvalue weighted by Crippen LogP contribution is 2.28. The quantitative estimate of drug-likeness (QED) is 0.903. The van der Waals surface area contributed by atoms with Crippen molar-refractivity contribution in [1.29, 1.82) is 0 Å². The first kappa shape index (κ1) is 12.6. The van der Waals surface area contributed by atoms with Crippen molar-refractivity contribution in [1.82, 2.24) is 10.2 Å². The number of nitrogens with one attached hydrogen (secondary N) is 1. The van der Waals surface area contributed by atoms with Crippen molar-refractivity contribution in [2.24, 2.45) is 0 Å². The highest BCUT2D eigenvalue weighted by atomic mass is 79.9. The van der Waals surface area contributed by atoms with Gasteiger partial charge in [-0.05, 0) is 30.5 Å². The van der Waals surface area contributed by atoms with Crippen LogP contribution in [0.5, 0.6) is 0 Å². The normalized spacial score (nSPS) is 15.0. The molecule has 0 aromatic heterocycles. The predicted octanol–water partition coefficient (Wildman–Crippen LogP) is 2.16. The first-order chi connectivity index (χ1) is 8.19. The summed E-state index contributed by atoms with van der Waals surface area (Å²) >= 11 is 3.47. The second-order valence-corrected chi connectivity index (χ2v) is 5.35. The predicted molar refractivity (Wildman–Crippen MR) is 71.6 cm³/mol. The van der Waals surface area contributed by atoms with Gasteiger partial charge in [0.2, 0.25) is 5.91 Å². The molecule has 92 valence electrons. The van der Waals surface area contributed by atoms with Crippen molar-refractivity contribution in [2.45, 2.75) is 25.4 Å². The number of rotatable bonds is 5. The maximum Gasteiger partial charge on any atom is 0.233 e. The second-order valence-electron chi connectivity index (χ2n) is 4.44. The Morgan fingerprint density at radius 3 is 2.88 bits per heavy atom. The van der Waals surface area contributed by atoms with Crippen LogP contribution in [0.2, 0.25) is 0 Å². The number of hydrogen-bond donors (Lipinski definition) is 1. The average molecular weight is 297 g/mol. The van der Waals surface area contributed by atoms with Gasteiger partial charge in [-0.1, -0.05) is 28.1 Å². The van der Waals surface area contributed by atoms with E-state index < -0.39 is 0 Å². The molecule has 1 aromatic carbocycles. The summed E-state index contributed by atoms with van der Waals surface area (Å²) in [5, 5.41) is 2.69. The zero-order valence-corrected chi connectivity index (χ0v) is 11.5. The minimum Gasteiger partial charge on any atom is -0.358 e. The Balaban J connectivity index is 2.00. The molecule has 0 radical (unpaired) electrons. The molecule has 1 aromatic rings. The van der Waals surface area contributed by atoms with E-state index in [9.17, 15) is 4.79 Å². The van der Waals surface area contributed by atoms with Crippen molar-refractivity contribution in [2.75, 3.05) is 13.6 Å². The Kier molecular flexibility index (Phi) is 4.18. The van der Waals surface area contributed by atoms with Crippen molar-refractivity contribution < 1.29 is 4.79 Å². The Morgan fingerprint density at radius 2 is 2.29 bits per heavy atom. The van der Waals surface area contributed by atoms with Crippen LogP contribution in [0, 0.1) is 0 Å². The minimum absolute atomic E-state index is 0.0897. The molecule has 1 amide bonds. The fraction of sp³-hybridized carbons (Fsp3) is 0.462. The average Bonchev–Trinajstić information content (AvgIpc) is 3.12. The molecule has 2 rings (SSSR count). The van der Waals surface area contributed by atoms with Crippen LogP contribution in [0.15, 0.2) is 28.7 Å². The van der Waals surface area contributed by atoms with Gasteiger partial charge in [-0.15, -0.1) is 0 Å². The lowest BCUT2D eigenvalue weighted by molar-refractivity contribution is -0.122. The fourth-order valence-electron chi connectivity index (χ4n) is 1.89. The van der Waals surface area contributed by atoms with Gasteiger partial charge in [0, 0.05) is 24.1 Å². The van der Waals surface area contributed by atoms with E-state index >= 15 is 0 Å². The summed E-state index contributed by atoms with van der Waals surface area (Å²) in [5.41, 5.74) is 1.25. The van der Waals surface area contributed by atoms with Gasteiger partial charge in [0.1, 0.15) is 0 Å². The molecule has 0 saturated heterocycles. The van der Waals surface area contributed by atoms with E-state index in [1.807, 2.05) is 12.1 Å². The molecule has 17 heavy (non-hydrogen) atoms. The van der Waals surface area contributed by atoms with Gasteiger partial charge in [-0.25, -0.2) is 0 Å². The second kappa shape index (κ2) is 5.65. The standard InChI is InChI=1S/C13H17BrN2O/c1-15-13(17)9-16(12-5-6-12)8-10-3-2-4-11(14)7-10/h2-4,7,12H,5-6,8-9H2,1H3,(H,15,17). The largest absolute Gasteiger partial charge is 0.358 e. The van der Waals surface area contributed by atoms with Gasteiger partial charge in [0.15, 0.2) is 0 Å². The van der Waals surface area contributed by atoms with Crippen LogP contribution in [0.4, 0.5) is 0 Å². The SMILES string of the molecule is CNC(=O)CN(Cc1cccc(Br)c1)C1CC1. The van der Waals surface area contributed by atoms with E-state index in [-0.39, 0.29) is 5.91 Å². The monoisotopic (exact) mass is 296 g/mol. The maximum atomic E-state index is 11.4. The summed E-state index contributed by atoms with van der Waals surface area (Å²) < 4.78 is 1.09. The number of likely N-dealkylation sites (N-methyl/N-ethyl adjacent to an activating group) is 1. The molecule has 0 unspecified atom stereocenters. The zero-order chi connectivity index (χ0) is 12.3. The van der Waals surface area contributed by atoms with E-state index in [0.717, 1.165) is 11.0 Å². The maximum absolute atomic E-state index is 11.4. The number of halogens is 1. The van der Waals surface area contributed by atoms with Crippen LogP contribution in [0.25, 0.3) is 0 Å². The molecule has 4 heteroatoms. The van der Waals surface area contributed by atoms with Crippen LogP contribution >= 0.6 is 15.9 Å². The van der Waals surface area contributed by atoms with Crippen molar-refractivity contribution in [3.05, 3.63) is 34.3 Å². The number of carbonyl (C=O) groups is 1. The molecule has 3 nitrogen and oxygen atoms in total. The van der Waals surface area contributed by atoms with Gasteiger partial charge >= 0.3 is 0 Å². The topological polar surface area (TPSA) is 32.3 Å². The lowest BCUT2D eigenvalue weighted by atomic mass is 10.2. The lowest BCUT2D eigenvalue weighted by Crippen LogP contribution is -2.36. The molecular weight excluding hydrogens is 280 g/mol. The lowest BCUT2D eigenvalue weighted by Gasteiger charge is -2.21. The first-order valence-electron chi connectivity index (χ1n) is 5.88. The van der Waals surface area contributed by atoms with Crippen LogP contribution in [0.1, 0.15) is 18.4 Å². The number of amides is 1. The summed E-state index contributed by atoms with van der Waals surface area (Å²) in [5.74, 6) is 0.0897. The molecule has 0 atom stereocenters. The minimum atomic E-state index is 0.0897. The number of hydrogen-bond acceptors (Lipinski definition) is 2. The molecule has 0 spiro atoms. The molecule has 0 bridgehead atoms. The zero-order valence-electron chi connectivity index (χ0n) is 9.95. The Bertz CT molecular complexity index is 404. The van der Waals surface area contributed by atoms with E-state index in [4.69, 9.17) is 0 Å². The summed E-state index contributed by atoms with van der Waals surface area (Å²) in [6.07, 6.45) is 2.43. The molecule has 1 aliphatic rings. The Hall–Kier alpha value is -0.870. The van der Waals surface area contributed by atoms with Crippen molar-refractivity contribution in [3.8, 4) is 0 Å². The van der Waals surface area contributed by atoms with E-state index in [1.54, 1.807) is 7.05 Å². The van der Waals surface area contributed by atoms with Gasteiger partial charge in [0.05, 0.1) is 6.54 Å². The van der Waals surface area contributed by atoms with E-state index in [0.29, 0.717) is 12.6 Å². The molecule has 1 N–H and O–H groups in total. The molecule has 1 fully saturated rings. The molecule has 0 heterocycles. The smallest absolute Gasteiger partial charge is 0.233 e. The number of carbonyl (C=O) groups excluding carboxylic acids is 1. The summed E-state index contributed by atoms with van der Waals surface area (Å²) in [6, 6.07) is 8.85. The summed E-state index contributed by atoms with van der Waals surface area (Å²) in [4.78, 5) is 13.7. The Labute approximate surface area is 110 Å². The third kappa shape index (κ3) is 3.82. The molecule has 1 saturated carbocycles. The van der Waals surface area contributed by atoms with Gasteiger partial charge < -0.3 is 5.32 Å². The van der Waals surface area contributed by atoms with Crippen LogP contribution in [0.3, 0.4) is 0 Å². The van der Waals surface area contributed by atoms with Gasteiger partial charge in [0.25, 0.3) is 0 Å². The molecular formula is C13H17BrN2O. The van der Waals surface area contributed by atoms with Crippen molar-refractivity contribution >= 4 is 21.8 Å². The summed E-state index contributed by atoms with van der Waals surface area (Å²) in [6.45, 7) is 1.34. The van der Waals surface area contributed by atoms with Crippen molar-refractivity contribution in [3.63, 3.8) is 0 Å². The van der Waals surface area contributed by atoms with Gasteiger partial charge in [-0.3, -0.25) is 9.69 Å². The van der Waals surface area contributed by atoms with Crippen LogP contribution in [-0.2, 0) is 11.3 Å². The van der Waals surface area contributed by atoms with E-state index in [1.165, 1.54) is 18.4 Å². The third-order valence-electron chi connectivity index (χ3n) is 2.96. The summed E-state index contributed by atoms with van der Waals surface area (Å²) in [7, 11) is 1.69.